The number of nitrogens with zero attached hydrogens (tertiary/aromatic N) is 3. The molecule has 0 bridgehead atoms. The molecule has 1 aromatic rings. The van der Waals surface area contributed by atoms with Gasteiger partial charge in [-0.05, 0) is 61.8 Å². The van der Waals surface area contributed by atoms with Crippen LogP contribution in [0.4, 0.5) is 10.5 Å². The summed E-state index contributed by atoms with van der Waals surface area (Å²) in [5.41, 5.74) is 1.92. The molecule has 1 aromatic carbocycles. The number of amides is 3. The van der Waals surface area contributed by atoms with Gasteiger partial charge in [0.05, 0.1) is 6.42 Å². The summed E-state index contributed by atoms with van der Waals surface area (Å²) in [6.45, 7) is 10.3. The van der Waals surface area contributed by atoms with E-state index < -0.39 is 0 Å². The highest BCUT2D eigenvalue weighted by Gasteiger charge is 2.37. The van der Waals surface area contributed by atoms with Crippen LogP contribution in [0.25, 0.3) is 0 Å². The Hall–Kier alpha value is -2.08. The number of hydrogen-bond acceptors (Lipinski definition) is 3. The average Bonchev–Trinajstić information content (AvgIpc) is 3.18. The molecular formula is C24H36N4O2. The van der Waals surface area contributed by atoms with E-state index in [9.17, 15) is 9.59 Å². The van der Waals surface area contributed by atoms with Crippen LogP contribution in [-0.2, 0) is 11.2 Å². The molecular weight excluding hydrogens is 376 g/mol. The highest BCUT2D eigenvalue weighted by atomic mass is 16.2. The Labute approximate surface area is 180 Å². The average molecular weight is 413 g/mol. The molecule has 30 heavy (non-hydrogen) atoms. The van der Waals surface area contributed by atoms with E-state index >= 15 is 0 Å². The number of carbonyl (C=O) groups is 2. The Morgan fingerprint density at radius 1 is 1.13 bits per heavy atom. The molecule has 0 saturated carbocycles. The van der Waals surface area contributed by atoms with Crippen molar-refractivity contribution >= 4 is 17.6 Å². The topological polar surface area (TPSA) is 55.9 Å². The van der Waals surface area contributed by atoms with Gasteiger partial charge < -0.3 is 15.1 Å². The molecule has 1 N–H and O–H groups in total. The molecule has 3 heterocycles. The zero-order chi connectivity index (χ0) is 21.1. The number of piperidine rings is 2. The lowest BCUT2D eigenvalue weighted by Crippen LogP contribution is -2.56. The minimum atomic E-state index is -0.0436. The zero-order valence-corrected chi connectivity index (χ0v) is 18.5. The number of benzene rings is 1. The molecule has 4 rings (SSSR count). The number of urea groups is 1. The lowest BCUT2D eigenvalue weighted by atomic mass is 9.83. The number of nitrogens with one attached hydrogen (secondary N) is 1. The number of rotatable bonds is 6. The van der Waals surface area contributed by atoms with E-state index in [0.717, 1.165) is 49.6 Å². The smallest absolute Gasteiger partial charge is 0.321 e. The van der Waals surface area contributed by atoms with Gasteiger partial charge in [0.15, 0.2) is 0 Å². The van der Waals surface area contributed by atoms with Crippen LogP contribution in [0.5, 0.6) is 0 Å². The largest absolute Gasteiger partial charge is 0.339 e. The van der Waals surface area contributed by atoms with Gasteiger partial charge in [0.2, 0.25) is 5.91 Å². The Kier molecular flexibility index (Phi) is 6.61. The lowest BCUT2D eigenvalue weighted by Gasteiger charge is -2.47. The van der Waals surface area contributed by atoms with Gasteiger partial charge in [-0.3, -0.25) is 9.69 Å². The first-order valence-electron chi connectivity index (χ1n) is 11.7. The van der Waals surface area contributed by atoms with E-state index in [0.29, 0.717) is 31.5 Å². The predicted molar refractivity (Wildman–Crippen MR) is 120 cm³/mol. The minimum absolute atomic E-state index is 0.0436. The molecule has 6 nitrogen and oxygen atoms in total. The standard InChI is InChI=1S/C24H36N4O2/c1-18(2)9-13-26-14-10-22-20(17-26)4-3-12-28(22)23(29)16-19-5-7-21(8-6-19)27-15-11-25-24(27)30/h5-8,18,20,22H,3-4,9-17H2,1-2H3,(H,25,30)/t20-,22-/m1/s1. The van der Waals surface area contributed by atoms with Gasteiger partial charge >= 0.3 is 6.03 Å². The van der Waals surface area contributed by atoms with E-state index in [4.69, 9.17) is 0 Å². The van der Waals surface area contributed by atoms with E-state index in [2.05, 4.69) is 29.0 Å². The van der Waals surface area contributed by atoms with E-state index in [1.54, 1.807) is 4.90 Å². The normalized spacial score (nSPS) is 24.8. The summed E-state index contributed by atoms with van der Waals surface area (Å²) in [5.74, 6) is 1.63. The van der Waals surface area contributed by atoms with Crippen LogP contribution in [-0.4, -0.2) is 67.0 Å². The number of anilines is 1. The van der Waals surface area contributed by atoms with Crippen molar-refractivity contribution in [3.8, 4) is 0 Å². The van der Waals surface area contributed by atoms with Gasteiger partial charge in [-0.15, -0.1) is 0 Å². The fourth-order valence-corrected chi connectivity index (χ4v) is 5.22. The molecule has 3 amide bonds. The Balaban J connectivity index is 1.34. The highest BCUT2D eigenvalue weighted by Crippen LogP contribution is 2.31. The third kappa shape index (κ3) is 4.80. The number of fused-ring (bicyclic) bond motifs is 1. The van der Waals surface area contributed by atoms with Gasteiger partial charge in [-0.2, -0.15) is 0 Å². The molecule has 3 fully saturated rings. The Morgan fingerprint density at radius 2 is 1.93 bits per heavy atom. The molecule has 3 aliphatic heterocycles. The van der Waals surface area contributed by atoms with E-state index in [1.807, 2.05) is 24.3 Å². The maximum absolute atomic E-state index is 13.1. The second kappa shape index (κ2) is 9.38. The van der Waals surface area contributed by atoms with E-state index in [-0.39, 0.29) is 11.9 Å². The summed E-state index contributed by atoms with van der Waals surface area (Å²) < 4.78 is 0. The first-order valence-corrected chi connectivity index (χ1v) is 11.7. The third-order valence-electron chi connectivity index (χ3n) is 6.96. The fourth-order valence-electron chi connectivity index (χ4n) is 5.22. The van der Waals surface area contributed by atoms with Crippen molar-refractivity contribution in [3.63, 3.8) is 0 Å². The van der Waals surface area contributed by atoms with Crippen LogP contribution in [0.2, 0.25) is 0 Å². The van der Waals surface area contributed by atoms with Crippen molar-refractivity contribution in [2.75, 3.05) is 44.2 Å². The molecule has 0 spiro atoms. The number of likely N-dealkylation sites (tertiary alicyclic amines) is 2. The van der Waals surface area contributed by atoms with Crippen molar-refractivity contribution < 1.29 is 9.59 Å². The van der Waals surface area contributed by atoms with Gasteiger partial charge in [-0.25, -0.2) is 4.79 Å². The van der Waals surface area contributed by atoms with Crippen LogP contribution in [0.15, 0.2) is 24.3 Å². The van der Waals surface area contributed by atoms with Gasteiger partial charge in [-0.1, -0.05) is 26.0 Å². The van der Waals surface area contributed by atoms with Crippen molar-refractivity contribution in [1.29, 1.82) is 0 Å². The van der Waals surface area contributed by atoms with Crippen molar-refractivity contribution in [3.05, 3.63) is 29.8 Å². The third-order valence-corrected chi connectivity index (χ3v) is 6.96. The maximum Gasteiger partial charge on any atom is 0.321 e. The number of carbonyl (C=O) groups excluding carboxylic acids is 2. The Bertz CT molecular complexity index is 748. The summed E-state index contributed by atoms with van der Waals surface area (Å²) in [6.07, 6.45) is 5.19. The van der Waals surface area contributed by atoms with Gasteiger partial charge in [0.25, 0.3) is 0 Å². The second-order valence-electron chi connectivity index (χ2n) is 9.56. The molecule has 0 radical (unpaired) electrons. The van der Waals surface area contributed by atoms with Gasteiger partial charge in [0, 0.05) is 44.5 Å². The summed E-state index contributed by atoms with van der Waals surface area (Å²) in [6, 6.07) is 8.27. The SMILES string of the molecule is CC(C)CCN1CC[C@@H]2[C@H](CCCN2C(=O)Cc2ccc(N3CCNC3=O)cc2)C1. The minimum Gasteiger partial charge on any atom is -0.339 e. The monoisotopic (exact) mass is 412 g/mol. The summed E-state index contributed by atoms with van der Waals surface area (Å²) >= 11 is 0. The quantitative estimate of drug-likeness (QED) is 0.781. The fraction of sp³-hybridized carbons (Fsp3) is 0.667. The Morgan fingerprint density at radius 3 is 2.63 bits per heavy atom. The predicted octanol–water partition coefficient (Wildman–Crippen LogP) is 3.12. The molecule has 6 heteroatoms. The maximum atomic E-state index is 13.1. The summed E-state index contributed by atoms with van der Waals surface area (Å²) in [4.78, 5) is 31.5. The van der Waals surface area contributed by atoms with E-state index in [1.165, 1.54) is 19.4 Å². The van der Waals surface area contributed by atoms with Crippen LogP contribution in [0.3, 0.4) is 0 Å². The molecule has 0 aliphatic carbocycles. The van der Waals surface area contributed by atoms with Crippen LogP contribution in [0, 0.1) is 11.8 Å². The second-order valence-corrected chi connectivity index (χ2v) is 9.56. The van der Waals surface area contributed by atoms with Crippen LogP contribution >= 0.6 is 0 Å². The first-order chi connectivity index (χ1) is 14.5. The molecule has 0 unspecified atom stereocenters. The van der Waals surface area contributed by atoms with Crippen molar-refractivity contribution in [2.45, 2.75) is 52.0 Å². The summed E-state index contributed by atoms with van der Waals surface area (Å²) in [5, 5.41) is 2.82. The molecule has 0 aromatic heterocycles. The summed E-state index contributed by atoms with van der Waals surface area (Å²) in [7, 11) is 0. The lowest BCUT2D eigenvalue weighted by molar-refractivity contribution is -0.137. The molecule has 164 valence electrons. The van der Waals surface area contributed by atoms with Crippen LogP contribution in [0.1, 0.15) is 45.1 Å². The zero-order valence-electron chi connectivity index (χ0n) is 18.5. The molecule has 3 aliphatic rings. The van der Waals surface area contributed by atoms with Gasteiger partial charge in [0.1, 0.15) is 0 Å². The van der Waals surface area contributed by atoms with Crippen molar-refractivity contribution in [2.24, 2.45) is 11.8 Å². The number of hydrogen-bond donors (Lipinski definition) is 1. The van der Waals surface area contributed by atoms with Crippen LogP contribution < -0.4 is 10.2 Å². The molecule has 2 atom stereocenters. The highest BCUT2D eigenvalue weighted by molar-refractivity contribution is 5.94. The molecule has 3 saturated heterocycles. The first kappa shape index (κ1) is 21.2. The van der Waals surface area contributed by atoms with Crippen molar-refractivity contribution in [1.82, 2.24) is 15.1 Å².